The van der Waals surface area contributed by atoms with Crippen LogP contribution in [-0.4, -0.2) is 72.0 Å². The zero-order chi connectivity index (χ0) is 30.0. The highest BCUT2D eigenvalue weighted by Crippen LogP contribution is 2.32. The van der Waals surface area contributed by atoms with Gasteiger partial charge in [-0.15, -0.1) is 0 Å². The number of imide groups is 1. The molecule has 1 unspecified atom stereocenters. The maximum atomic E-state index is 14.4. The predicted octanol–water partition coefficient (Wildman–Crippen LogP) is 4.88. The summed E-state index contributed by atoms with van der Waals surface area (Å²) in [5, 5.41) is -0.739. The van der Waals surface area contributed by atoms with Crippen LogP contribution in [0.1, 0.15) is 45.0 Å². The SMILES string of the molecule is CC(=O)N(CC(F)(F)F)C(=O)c1cc(OCC(C)N(C(=O)OC(C)(C)C)S(=O)(=O)C(F)(F)F)c(F)cc1Cl. The molecule has 1 atom stereocenters. The molecule has 0 bridgehead atoms. The molecule has 1 aromatic rings. The van der Waals surface area contributed by atoms with Crippen molar-refractivity contribution in [3.8, 4) is 5.75 Å². The van der Waals surface area contributed by atoms with E-state index in [-0.39, 0.29) is 4.90 Å². The summed E-state index contributed by atoms with van der Waals surface area (Å²) in [4.78, 5) is 36.2. The summed E-state index contributed by atoms with van der Waals surface area (Å²) in [7, 11) is -6.33. The normalized spacial score (nSPS) is 13.5. The number of carbonyl (C=O) groups is 3. The van der Waals surface area contributed by atoms with Gasteiger partial charge in [0, 0.05) is 6.92 Å². The van der Waals surface area contributed by atoms with Crippen molar-refractivity contribution in [2.24, 2.45) is 0 Å². The van der Waals surface area contributed by atoms with E-state index in [4.69, 9.17) is 21.1 Å². The second kappa shape index (κ2) is 11.5. The second-order valence-corrected chi connectivity index (χ2v) is 10.9. The third kappa shape index (κ3) is 8.61. The van der Waals surface area contributed by atoms with Gasteiger partial charge in [0.2, 0.25) is 5.91 Å². The first-order valence-electron chi connectivity index (χ1n) is 10.2. The molecule has 1 rings (SSSR count). The van der Waals surface area contributed by atoms with E-state index in [0.717, 1.165) is 6.92 Å². The molecular formula is C20H22ClF7N2O7S. The maximum absolute atomic E-state index is 14.4. The Labute approximate surface area is 217 Å². The highest BCUT2D eigenvalue weighted by Gasteiger charge is 2.54. The van der Waals surface area contributed by atoms with E-state index < -0.39 is 90.9 Å². The van der Waals surface area contributed by atoms with Crippen molar-refractivity contribution in [3.05, 3.63) is 28.5 Å². The Morgan fingerprint density at radius 1 is 1.05 bits per heavy atom. The zero-order valence-electron chi connectivity index (χ0n) is 20.3. The van der Waals surface area contributed by atoms with Gasteiger partial charge in [-0.3, -0.25) is 14.5 Å². The van der Waals surface area contributed by atoms with Gasteiger partial charge in [0.15, 0.2) is 11.6 Å². The van der Waals surface area contributed by atoms with Crippen LogP contribution in [0, 0.1) is 5.82 Å². The molecule has 0 heterocycles. The third-order valence-electron chi connectivity index (χ3n) is 4.22. The topological polar surface area (TPSA) is 110 Å². The number of sulfonamides is 1. The molecule has 0 aliphatic rings. The van der Waals surface area contributed by atoms with Crippen LogP contribution < -0.4 is 4.74 Å². The Kier molecular flexibility index (Phi) is 10.1. The summed E-state index contributed by atoms with van der Waals surface area (Å²) in [6.45, 7) is 2.02. The van der Waals surface area contributed by atoms with Crippen LogP contribution in [0.3, 0.4) is 0 Å². The number of alkyl halides is 6. The first-order valence-corrected chi connectivity index (χ1v) is 12.1. The Hall–Kier alpha value is -2.82. The molecule has 0 saturated heterocycles. The van der Waals surface area contributed by atoms with Gasteiger partial charge in [-0.05, 0) is 39.8 Å². The highest BCUT2D eigenvalue weighted by atomic mass is 35.5. The van der Waals surface area contributed by atoms with Crippen molar-refractivity contribution in [2.45, 2.75) is 57.9 Å². The number of hydrogen-bond acceptors (Lipinski definition) is 7. The molecule has 0 radical (unpaired) electrons. The Morgan fingerprint density at radius 2 is 1.58 bits per heavy atom. The third-order valence-corrected chi connectivity index (χ3v) is 6.14. The quantitative estimate of drug-likeness (QED) is 0.409. The molecule has 3 amide bonds. The lowest BCUT2D eigenvalue weighted by molar-refractivity contribution is -0.154. The number of nitrogens with zero attached hydrogens (tertiary/aromatic N) is 2. The van der Waals surface area contributed by atoms with E-state index in [2.05, 4.69) is 0 Å². The standard InChI is InChI=1S/C20H22ClF7N2O7S/c1-10(30(17(33)37-18(3,4)5)38(34,35)20(26,27)28)8-36-15-6-12(13(21)7-14(15)22)16(32)29(11(2)31)9-19(23,24)25/h6-7,10H,8-9H2,1-5H3. The molecule has 18 heteroatoms. The number of carbonyl (C=O) groups excluding carboxylic acids is 3. The number of rotatable bonds is 7. The van der Waals surface area contributed by atoms with E-state index in [0.29, 0.717) is 19.1 Å². The smallest absolute Gasteiger partial charge is 0.488 e. The Morgan fingerprint density at radius 3 is 2.00 bits per heavy atom. The maximum Gasteiger partial charge on any atom is 0.516 e. The van der Waals surface area contributed by atoms with Crippen LogP contribution in [0.2, 0.25) is 5.02 Å². The Balaban J connectivity index is 3.38. The Bertz CT molecular complexity index is 1180. The molecular weight excluding hydrogens is 581 g/mol. The number of amides is 3. The number of halogens is 8. The van der Waals surface area contributed by atoms with Crippen LogP contribution in [0.25, 0.3) is 0 Å². The molecule has 1 aromatic carbocycles. The van der Waals surface area contributed by atoms with Crippen molar-refractivity contribution in [1.29, 1.82) is 0 Å². The van der Waals surface area contributed by atoms with Gasteiger partial charge in [-0.1, -0.05) is 11.6 Å². The minimum Gasteiger partial charge on any atom is -0.488 e. The lowest BCUT2D eigenvalue weighted by atomic mass is 10.1. The fraction of sp³-hybridized carbons (Fsp3) is 0.550. The van der Waals surface area contributed by atoms with E-state index in [1.807, 2.05) is 0 Å². The van der Waals surface area contributed by atoms with Gasteiger partial charge in [0.25, 0.3) is 5.91 Å². The monoisotopic (exact) mass is 602 g/mol. The largest absolute Gasteiger partial charge is 0.516 e. The van der Waals surface area contributed by atoms with Crippen LogP contribution in [0.4, 0.5) is 35.5 Å². The summed E-state index contributed by atoms with van der Waals surface area (Å²) in [6.07, 6.45) is -6.93. The summed E-state index contributed by atoms with van der Waals surface area (Å²) in [5.74, 6) is -5.26. The summed E-state index contributed by atoms with van der Waals surface area (Å²) < 4.78 is 125. The molecule has 0 aromatic heterocycles. The molecule has 0 aliphatic heterocycles. The highest BCUT2D eigenvalue weighted by molar-refractivity contribution is 7.90. The minimum atomic E-state index is -6.33. The average molecular weight is 603 g/mol. The fourth-order valence-electron chi connectivity index (χ4n) is 2.67. The van der Waals surface area contributed by atoms with E-state index >= 15 is 0 Å². The van der Waals surface area contributed by atoms with Gasteiger partial charge in [0.1, 0.15) is 18.8 Å². The average Bonchev–Trinajstić information content (AvgIpc) is 2.67. The van der Waals surface area contributed by atoms with Crippen molar-refractivity contribution < 1.29 is 63.0 Å². The minimum absolute atomic E-state index is 0.244. The molecule has 216 valence electrons. The molecule has 0 fully saturated rings. The fourth-order valence-corrected chi connectivity index (χ4v) is 3.89. The van der Waals surface area contributed by atoms with Gasteiger partial charge >= 0.3 is 27.8 Å². The molecule has 0 aliphatic carbocycles. The molecule has 0 spiro atoms. The van der Waals surface area contributed by atoms with Gasteiger partial charge in [0.05, 0.1) is 16.6 Å². The van der Waals surface area contributed by atoms with E-state index in [1.54, 1.807) is 0 Å². The van der Waals surface area contributed by atoms with Crippen molar-refractivity contribution >= 4 is 39.5 Å². The van der Waals surface area contributed by atoms with Crippen molar-refractivity contribution in [2.75, 3.05) is 13.2 Å². The molecule has 0 saturated carbocycles. The lowest BCUT2D eigenvalue weighted by Gasteiger charge is -2.31. The molecule has 0 N–H and O–H groups in total. The second-order valence-electron chi connectivity index (χ2n) is 8.67. The zero-order valence-corrected chi connectivity index (χ0v) is 21.9. The van der Waals surface area contributed by atoms with Gasteiger partial charge in [-0.2, -0.15) is 39.1 Å². The lowest BCUT2D eigenvalue weighted by Crippen LogP contribution is -2.52. The van der Waals surface area contributed by atoms with Crippen LogP contribution in [0.5, 0.6) is 5.75 Å². The van der Waals surface area contributed by atoms with E-state index in [1.165, 1.54) is 20.8 Å². The van der Waals surface area contributed by atoms with Crippen LogP contribution in [-0.2, 0) is 19.6 Å². The summed E-state index contributed by atoms with van der Waals surface area (Å²) in [6, 6.07) is -1.10. The van der Waals surface area contributed by atoms with E-state index in [9.17, 15) is 53.5 Å². The predicted molar refractivity (Wildman–Crippen MR) is 117 cm³/mol. The van der Waals surface area contributed by atoms with Crippen LogP contribution in [0.15, 0.2) is 12.1 Å². The van der Waals surface area contributed by atoms with Crippen molar-refractivity contribution in [3.63, 3.8) is 0 Å². The van der Waals surface area contributed by atoms with Gasteiger partial charge < -0.3 is 9.47 Å². The van der Waals surface area contributed by atoms with Crippen molar-refractivity contribution in [1.82, 2.24) is 9.21 Å². The van der Waals surface area contributed by atoms with Crippen LogP contribution >= 0.6 is 11.6 Å². The number of ether oxygens (including phenoxy) is 2. The first-order chi connectivity index (χ1) is 16.9. The molecule has 38 heavy (non-hydrogen) atoms. The number of benzene rings is 1. The summed E-state index contributed by atoms with van der Waals surface area (Å²) >= 11 is 5.73. The first kappa shape index (κ1) is 33.2. The summed E-state index contributed by atoms with van der Waals surface area (Å²) in [5.41, 5.74) is -8.21. The number of hydrogen-bond donors (Lipinski definition) is 0. The molecule has 9 nitrogen and oxygen atoms in total. The van der Waals surface area contributed by atoms with Gasteiger partial charge in [-0.25, -0.2) is 9.18 Å².